The van der Waals surface area contributed by atoms with Gasteiger partial charge in [0.2, 0.25) is 5.95 Å². The number of amides is 1. The minimum absolute atomic E-state index is 0.296. The molecule has 1 saturated heterocycles. The molecule has 5 rings (SSSR count). The Morgan fingerprint density at radius 3 is 2.33 bits per heavy atom. The summed E-state index contributed by atoms with van der Waals surface area (Å²) in [7, 11) is 0. The van der Waals surface area contributed by atoms with E-state index in [1.807, 2.05) is 49.7 Å². The highest BCUT2D eigenvalue weighted by Crippen LogP contribution is 2.23. The maximum Gasteiger partial charge on any atom is 0.410 e. The van der Waals surface area contributed by atoms with E-state index in [1.54, 1.807) is 23.5 Å². The molecule has 1 amide bonds. The number of carbonyl (C=O) groups excluding carboxylic acids is 1. The second kappa shape index (κ2) is 18.7. The Balaban J connectivity index is 0.000000558. The van der Waals surface area contributed by atoms with Gasteiger partial charge in [0, 0.05) is 74.3 Å². The monoisotopic (exact) mass is 672 g/mol. The van der Waals surface area contributed by atoms with Crippen LogP contribution in [-0.4, -0.2) is 75.4 Å². The molecule has 0 bridgehead atoms. The first-order chi connectivity index (χ1) is 22.1. The zero-order valence-electron chi connectivity index (χ0n) is 27.8. The van der Waals surface area contributed by atoms with Crippen molar-refractivity contribution in [3.05, 3.63) is 71.8 Å². The van der Waals surface area contributed by atoms with Gasteiger partial charge in [-0.15, -0.1) is 13.2 Å². The second-order valence-electron chi connectivity index (χ2n) is 12.4. The maximum absolute atomic E-state index is 12.4. The van der Waals surface area contributed by atoms with E-state index in [-0.39, 0.29) is 6.09 Å². The number of carbonyl (C=O) groups is 1. The number of benzene rings is 1. The Morgan fingerprint density at radius 2 is 1.74 bits per heavy atom. The number of hydrogen-bond donors (Lipinski definition) is 2. The number of aromatic nitrogens is 4. The van der Waals surface area contributed by atoms with Crippen molar-refractivity contribution in [1.29, 1.82) is 0 Å². The van der Waals surface area contributed by atoms with Crippen LogP contribution in [0.2, 0.25) is 10.0 Å². The van der Waals surface area contributed by atoms with Crippen LogP contribution in [0.1, 0.15) is 65.4 Å². The number of ether oxygens (including phenoxy) is 1. The normalized spacial score (nSPS) is 15.3. The Kier molecular flexibility index (Phi) is 15.1. The molecule has 1 aliphatic carbocycles. The number of hydrogen-bond acceptors (Lipinski definition) is 8. The van der Waals surface area contributed by atoms with Crippen LogP contribution in [0.5, 0.6) is 0 Å². The van der Waals surface area contributed by atoms with Crippen molar-refractivity contribution in [2.24, 2.45) is 5.92 Å². The van der Waals surface area contributed by atoms with E-state index in [0.717, 1.165) is 11.5 Å². The maximum atomic E-state index is 12.4. The van der Waals surface area contributed by atoms with Crippen molar-refractivity contribution in [3.8, 4) is 5.82 Å². The fraction of sp³-hybridized carbons (Fsp3) is 0.529. The quantitative estimate of drug-likeness (QED) is 0.186. The third-order valence-electron chi connectivity index (χ3n) is 7.52. The summed E-state index contributed by atoms with van der Waals surface area (Å²) < 4.78 is 7.35. The van der Waals surface area contributed by atoms with Gasteiger partial charge in [-0.25, -0.2) is 9.78 Å². The van der Waals surface area contributed by atoms with Crippen molar-refractivity contribution in [2.45, 2.75) is 71.9 Å². The van der Waals surface area contributed by atoms with Gasteiger partial charge in [0.05, 0.1) is 0 Å². The summed E-state index contributed by atoms with van der Waals surface area (Å²) >= 11 is 12.2. The summed E-state index contributed by atoms with van der Waals surface area (Å²) in [6, 6.07) is 7.38. The lowest BCUT2D eigenvalue weighted by molar-refractivity contribution is 0.0240. The Morgan fingerprint density at radius 1 is 1.02 bits per heavy atom. The summed E-state index contributed by atoms with van der Waals surface area (Å²) in [6.07, 6.45) is 12.4. The minimum atomic E-state index is -0.521. The Hall–Kier alpha value is -3.34. The van der Waals surface area contributed by atoms with Gasteiger partial charge >= 0.3 is 6.09 Å². The molecule has 3 heterocycles. The fourth-order valence-corrected chi connectivity index (χ4v) is 5.55. The number of anilines is 2. The molecule has 12 heteroatoms. The van der Waals surface area contributed by atoms with Gasteiger partial charge in [0.25, 0.3) is 0 Å². The molecule has 1 aromatic carbocycles. The lowest BCUT2D eigenvalue weighted by atomic mass is 9.91. The fourth-order valence-electron chi connectivity index (χ4n) is 5.07. The van der Waals surface area contributed by atoms with Crippen LogP contribution in [0.15, 0.2) is 56.1 Å². The molecule has 2 aliphatic rings. The van der Waals surface area contributed by atoms with E-state index in [0.29, 0.717) is 73.4 Å². The highest BCUT2D eigenvalue weighted by Gasteiger charge is 2.27. The average molecular weight is 674 g/mol. The van der Waals surface area contributed by atoms with Gasteiger partial charge in [-0.2, -0.15) is 9.97 Å². The second-order valence-corrected chi connectivity index (χ2v) is 13.3. The van der Waals surface area contributed by atoms with Crippen LogP contribution in [0, 0.1) is 5.92 Å². The van der Waals surface area contributed by atoms with Crippen LogP contribution in [-0.2, 0) is 11.3 Å². The summed E-state index contributed by atoms with van der Waals surface area (Å²) in [5.74, 6) is 3.04. The molecule has 1 aliphatic heterocycles. The first kappa shape index (κ1) is 37.1. The van der Waals surface area contributed by atoms with E-state index >= 15 is 0 Å². The van der Waals surface area contributed by atoms with Crippen molar-refractivity contribution in [3.63, 3.8) is 0 Å². The molecule has 2 fully saturated rings. The van der Waals surface area contributed by atoms with Gasteiger partial charge in [0.1, 0.15) is 23.6 Å². The molecular weight excluding hydrogens is 623 g/mol. The minimum Gasteiger partial charge on any atom is -0.444 e. The SMILES string of the molecule is C=C.CC(C)(C)OC(=O)N1CCN(c2nc(NCCNCc3ccc(Cl)cc3Cl)cc(-n3ccnc3)n2)CC1.CC1CCCCC1. The molecule has 3 aromatic rings. The Bertz CT molecular complexity index is 1340. The summed E-state index contributed by atoms with van der Waals surface area (Å²) in [5, 5.41) is 8.02. The average Bonchev–Trinajstić information content (AvgIpc) is 3.58. The predicted molar refractivity (Wildman–Crippen MR) is 189 cm³/mol. The molecule has 1 saturated carbocycles. The highest BCUT2D eigenvalue weighted by molar-refractivity contribution is 6.35. The predicted octanol–water partition coefficient (Wildman–Crippen LogP) is 7.62. The standard InChI is InChI=1S/C25H32Cl2N8O2.C7H14.C2H4/c1-25(2,3)37-24(36)34-12-10-33(11-13-34)23-31-21(15-22(32-23)35-9-8-29-17-35)30-7-6-28-16-18-4-5-19(26)14-20(18)27;1-7-5-3-2-4-6-7;1-2/h4-5,8-9,14-15,17,28H,6-7,10-13,16H2,1-3H3,(H,30,31,32);7H,2-6H2,1H3;1-2H2. The summed E-state index contributed by atoms with van der Waals surface area (Å²) in [5.41, 5.74) is 0.468. The molecule has 252 valence electrons. The van der Waals surface area contributed by atoms with Crippen molar-refractivity contribution < 1.29 is 9.53 Å². The van der Waals surface area contributed by atoms with E-state index in [9.17, 15) is 4.79 Å². The van der Waals surface area contributed by atoms with Crippen LogP contribution in [0.4, 0.5) is 16.6 Å². The van der Waals surface area contributed by atoms with Gasteiger partial charge in [-0.05, 0) is 44.4 Å². The van der Waals surface area contributed by atoms with E-state index < -0.39 is 5.60 Å². The zero-order valence-corrected chi connectivity index (χ0v) is 29.3. The van der Waals surface area contributed by atoms with Crippen molar-refractivity contribution >= 4 is 41.1 Å². The largest absolute Gasteiger partial charge is 0.444 e. The van der Waals surface area contributed by atoms with Crippen LogP contribution >= 0.6 is 23.2 Å². The van der Waals surface area contributed by atoms with Crippen molar-refractivity contribution in [1.82, 2.24) is 29.7 Å². The third kappa shape index (κ3) is 12.5. The lowest BCUT2D eigenvalue weighted by Gasteiger charge is -2.35. The smallest absolute Gasteiger partial charge is 0.410 e. The number of imidazole rings is 1. The van der Waals surface area contributed by atoms with Crippen molar-refractivity contribution in [2.75, 3.05) is 49.5 Å². The number of nitrogens with zero attached hydrogens (tertiary/aromatic N) is 6. The number of rotatable bonds is 8. The van der Waals surface area contributed by atoms with Gasteiger partial charge in [0.15, 0.2) is 0 Å². The van der Waals surface area contributed by atoms with Crippen LogP contribution in [0.3, 0.4) is 0 Å². The molecule has 46 heavy (non-hydrogen) atoms. The Labute approximate surface area is 284 Å². The molecule has 10 nitrogen and oxygen atoms in total. The molecule has 0 unspecified atom stereocenters. The topological polar surface area (TPSA) is 100 Å². The first-order valence-electron chi connectivity index (χ1n) is 16.1. The zero-order chi connectivity index (χ0) is 33.5. The molecule has 2 N–H and O–H groups in total. The molecule has 2 aromatic heterocycles. The summed E-state index contributed by atoms with van der Waals surface area (Å²) in [4.78, 5) is 29.9. The van der Waals surface area contributed by atoms with Gasteiger partial charge in [-0.3, -0.25) is 4.57 Å². The molecule has 0 atom stereocenters. The van der Waals surface area contributed by atoms with E-state index in [2.05, 4.69) is 40.6 Å². The molecule has 0 radical (unpaired) electrons. The number of nitrogens with one attached hydrogen (secondary N) is 2. The van der Waals surface area contributed by atoms with E-state index in [4.69, 9.17) is 37.9 Å². The van der Waals surface area contributed by atoms with E-state index in [1.165, 1.54) is 32.1 Å². The third-order valence-corrected chi connectivity index (χ3v) is 8.10. The molecular formula is C34H50Cl2N8O2. The van der Waals surface area contributed by atoms with Crippen LogP contribution < -0.4 is 15.5 Å². The first-order valence-corrected chi connectivity index (χ1v) is 16.8. The number of halogens is 2. The van der Waals surface area contributed by atoms with Crippen LogP contribution in [0.25, 0.3) is 5.82 Å². The van der Waals surface area contributed by atoms with Gasteiger partial charge < -0.3 is 25.2 Å². The summed E-state index contributed by atoms with van der Waals surface area (Å²) in [6.45, 7) is 18.2. The number of piperazine rings is 1. The van der Waals surface area contributed by atoms with Gasteiger partial charge in [-0.1, -0.05) is 68.3 Å². The highest BCUT2D eigenvalue weighted by atomic mass is 35.5. The lowest BCUT2D eigenvalue weighted by Crippen LogP contribution is -2.50. The molecule has 0 spiro atoms.